The second kappa shape index (κ2) is 13.5. The van der Waals surface area contributed by atoms with Crippen molar-refractivity contribution in [2.24, 2.45) is 0 Å². The van der Waals surface area contributed by atoms with Crippen LogP contribution in [-0.4, -0.2) is 69.2 Å². The second-order valence-electron chi connectivity index (χ2n) is 14.0. The van der Waals surface area contributed by atoms with E-state index >= 15 is 0 Å². The van der Waals surface area contributed by atoms with Crippen LogP contribution in [0.2, 0.25) is 5.02 Å². The van der Waals surface area contributed by atoms with Crippen molar-refractivity contribution in [1.82, 2.24) is 24.6 Å². The fourth-order valence-electron chi connectivity index (χ4n) is 8.54. The van der Waals surface area contributed by atoms with E-state index in [1.165, 1.54) is 0 Å². The van der Waals surface area contributed by atoms with Crippen LogP contribution in [0.25, 0.3) is 10.9 Å². The lowest BCUT2D eigenvalue weighted by Gasteiger charge is -2.36. The number of benzene rings is 4. The summed E-state index contributed by atoms with van der Waals surface area (Å²) in [4.78, 5) is 14.3. The molecule has 2 fully saturated rings. The largest absolute Gasteiger partial charge is 0.489 e. The number of aromatic nitrogens is 4. The van der Waals surface area contributed by atoms with Crippen molar-refractivity contribution in [3.05, 3.63) is 141 Å². The molecule has 0 amide bonds. The van der Waals surface area contributed by atoms with E-state index in [-0.39, 0.29) is 11.5 Å². The third-order valence-electron chi connectivity index (χ3n) is 10.9. The molecule has 5 heterocycles. The molecule has 8 nitrogen and oxygen atoms in total. The Morgan fingerprint density at radius 1 is 0.942 bits per heavy atom. The Balaban J connectivity index is 1.12. The lowest BCUT2D eigenvalue weighted by atomic mass is 9.77. The predicted octanol–water partition coefficient (Wildman–Crippen LogP) is 8.44. The van der Waals surface area contributed by atoms with Crippen molar-refractivity contribution in [2.75, 3.05) is 37.7 Å². The Morgan fingerprint density at radius 2 is 1.62 bits per heavy atom. The van der Waals surface area contributed by atoms with Gasteiger partial charge >= 0.3 is 6.01 Å². The third-order valence-corrected chi connectivity index (χ3v) is 12.1. The van der Waals surface area contributed by atoms with Crippen molar-refractivity contribution in [1.29, 1.82) is 0 Å². The molecule has 2 saturated heterocycles. The summed E-state index contributed by atoms with van der Waals surface area (Å²) in [6, 6.07) is 33.7. The van der Waals surface area contributed by atoms with Gasteiger partial charge in [0.2, 0.25) is 0 Å². The summed E-state index contributed by atoms with van der Waals surface area (Å²) in [5.41, 5.74) is 3.89. The molecule has 2 atom stereocenters. The molecule has 0 saturated carbocycles. The number of nitrogens with zero attached hydrogens (tertiary/aromatic N) is 6. The molecule has 11 heteroatoms. The van der Waals surface area contributed by atoms with Gasteiger partial charge in [-0.3, -0.25) is 9.58 Å². The highest BCUT2D eigenvalue weighted by molar-refractivity contribution is 9.10. The zero-order valence-electron chi connectivity index (χ0n) is 28.5. The van der Waals surface area contributed by atoms with Crippen LogP contribution in [0.4, 0.5) is 10.2 Å². The summed E-state index contributed by atoms with van der Waals surface area (Å²) >= 11 is 10.4. The van der Waals surface area contributed by atoms with Gasteiger partial charge in [-0.15, -0.1) is 0 Å². The molecule has 2 aromatic heterocycles. The molecule has 6 aromatic rings. The van der Waals surface area contributed by atoms with Gasteiger partial charge in [-0.2, -0.15) is 15.1 Å². The van der Waals surface area contributed by atoms with E-state index in [4.69, 9.17) is 36.1 Å². The summed E-state index contributed by atoms with van der Waals surface area (Å²) in [6.07, 6.45) is 5.63. The van der Waals surface area contributed by atoms with Gasteiger partial charge in [0.25, 0.3) is 0 Å². The molecule has 0 N–H and O–H groups in total. The van der Waals surface area contributed by atoms with E-state index in [0.29, 0.717) is 65.8 Å². The second-order valence-corrected chi connectivity index (χ2v) is 15.2. The third kappa shape index (κ3) is 5.63. The Bertz CT molecular complexity index is 2130. The normalized spacial score (nSPS) is 20.1. The summed E-state index contributed by atoms with van der Waals surface area (Å²) in [5.74, 6) is 1.21. The molecule has 2 unspecified atom stereocenters. The minimum atomic E-state index is -0.843. The molecule has 4 aromatic carbocycles. The quantitative estimate of drug-likeness (QED) is 0.137. The van der Waals surface area contributed by atoms with E-state index in [2.05, 4.69) is 109 Å². The van der Waals surface area contributed by atoms with E-state index in [1.807, 2.05) is 30.5 Å². The fourth-order valence-corrected chi connectivity index (χ4v) is 9.14. The van der Waals surface area contributed by atoms with Gasteiger partial charge in [-0.25, -0.2) is 4.39 Å². The van der Waals surface area contributed by atoms with E-state index < -0.39 is 11.7 Å². The first-order valence-corrected chi connectivity index (χ1v) is 18.9. The Kier molecular flexibility index (Phi) is 8.64. The number of fused-ring (bicyclic) bond motifs is 1. The van der Waals surface area contributed by atoms with Crippen LogP contribution in [0, 0.1) is 0 Å². The molecule has 0 aliphatic carbocycles. The lowest BCUT2D eigenvalue weighted by molar-refractivity contribution is 0.107. The van der Waals surface area contributed by atoms with E-state index in [0.717, 1.165) is 47.0 Å². The van der Waals surface area contributed by atoms with Gasteiger partial charge in [0.1, 0.15) is 30.7 Å². The minimum Gasteiger partial charge on any atom is -0.489 e. The monoisotopic (exact) mass is 778 g/mol. The standard InChI is InChI=1S/C41H37BrClFN6O2/c42-33-21-34-35-37(36(33)43)51-20-19-48(38(35)47-39(46-34)52-27-40-17-10-18-49(40)26-32(44)22-40)24-28-23-45-50(25-28)41(29-11-4-1-5-12-29,30-13-6-2-7-14-30)31-15-8-3-9-16-31/h1-9,11-16,21,23,25,32H,10,17-20,22,24,26-27H2. The molecule has 264 valence electrons. The highest BCUT2D eigenvalue weighted by atomic mass is 79.9. The molecule has 3 aliphatic rings. The first-order valence-electron chi connectivity index (χ1n) is 17.7. The number of hydrogen-bond donors (Lipinski definition) is 0. The van der Waals surface area contributed by atoms with Crippen molar-refractivity contribution < 1.29 is 13.9 Å². The van der Waals surface area contributed by atoms with E-state index in [1.54, 1.807) is 0 Å². The van der Waals surface area contributed by atoms with Crippen LogP contribution in [0.15, 0.2) is 114 Å². The lowest BCUT2D eigenvalue weighted by Crippen LogP contribution is -2.43. The Morgan fingerprint density at radius 3 is 2.29 bits per heavy atom. The number of anilines is 1. The van der Waals surface area contributed by atoms with E-state index in [9.17, 15) is 4.39 Å². The zero-order chi connectivity index (χ0) is 35.3. The highest BCUT2D eigenvalue weighted by Gasteiger charge is 2.49. The zero-order valence-corrected chi connectivity index (χ0v) is 30.8. The van der Waals surface area contributed by atoms with Crippen molar-refractivity contribution in [3.63, 3.8) is 0 Å². The number of rotatable bonds is 9. The topological polar surface area (TPSA) is 68.5 Å². The van der Waals surface area contributed by atoms with Crippen LogP contribution < -0.4 is 14.4 Å². The first kappa shape index (κ1) is 33.3. The molecular weight excluding hydrogens is 743 g/mol. The Labute approximate surface area is 315 Å². The highest BCUT2D eigenvalue weighted by Crippen LogP contribution is 2.46. The number of alkyl halides is 1. The molecule has 0 radical (unpaired) electrons. The molecule has 3 aliphatic heterocycles. The van der Waals surface area contributed by atoms with Crippen molar-refractivity contribution in [3.8, 4) is 11.8 Å². The van der Waals surface area contributed by atoms with Crippen molar-refractivity contribution in [2.45, 2.75) is 43.1 Å². The summed E-state index contributed by atoms with van der Waals surface area (Å²) < 4.78 is 30.0. The van der Waals surface area contributed by atoms with Gasteiger partial charge in [0.15, 0.2) is 5.75 Å². The SMILES string of the molecule is FC1CN2CCCC2(COc2nc3c4c(c(Cl)c(Br)cc4n2)OCCN3Cc2cnn(C(c3ccccc3)(c3ccccc3)c3ccccc3)c2)C1. The summed E-state index contributed by atoms with van der Waals surface area (Å²) in [6.45, 7) is 3.12. The average Bonchev–Trinajstić information content (AvgIpc) is 3.84. The van der Waals surface area contributed by atoms with Gasteiger partial charge in [0.05, 0.1) is 34.2 Å². The summed E-state index contributed by atoms with van der Waals surface area (Å²) in [7, 11) is 0. The minimum absolute atomic E-state index is 0.255. The van der Waals surface area contributed by atoms with Crippen molar-refractivity contribution >= 4 is 44.3 Å². The first-order chi connectivity index (χ1) is 25.4. The van der Waals surface area contributed by atoms with Crippen LogP contribution >= 0.6 is 27.5 Å². The number of halogens is 3. The van der Waals surface area contributed by atoms with Crippen LogP contribution in [0.3, 0.4) is 0 Å². The van der Waals surface area contributed by atoms with Crippen LogP contribution in [0.1, 0.15) is 41.5 Å². The van der Waals surface area contributed by atoms with Crippen LogP contribution in [-0.2, 0) is 12.1 Å². The maximum atomic E-state index is 14.6. The average molecular weight is 780 g/mol. The smallest absolute Gasteiger partial charge is 0.319 e. The van der Waals surface area contributed by atoms with Crippen LogP contribution in [0.5, 0.6) is 11.8 Å². The van der Waals surface area contributed by atoms with Gasteiger partial charge in [0, 0.05) is 35.7 Å². The van der Waals surface area contributed by atoms with Gasteiger partial charge < -0.3 is 14.4 Å². The molecular formula is C41H37BrClFN6O2. The maximum absolute atomic E-state index is 14.6. The molecule has 0 spiro atoms. The fraction of sp³-hybridized carbons (Fsp3) is 0.293. The number of hydrogen-bond acceptors (Lipinski definition) is 7. The number of ether oxygens (including phenoxy) is 2. The molecule has 0 bridgehead atoms. The molecule has 9 rings (SSSR count). The van der Waals surface area contributed by atoms with Gasteiger partial charge in [-0.05, 0) is 58.1 Å². The molecule has 52 heavy (non-hydrogen) atoms. The predicted molar refractivity (Wildman–Crippen MR) is 204 cm³/mol. The Hall–Kier alpha value is -4.51. The summed E-state index contributed by atoms with van der Waals surface area (Å²) in [5, 5.41) is 6.29. The maximum Gasteiger partial charge on any atom is 0.319 e. The van der Waals surface area contributed by atoms with Gasteiger partial charge in [-0.1, -0.05) is 103 Å².